The van der Waals surface area contributed by atoms with E-state index in [-0.39, 0.29) is 18.3 Å². The summed E-state index contributed by atoms with van der Waals surface area (Å²) in [5.74, 6) is 0.781. The number of piperidine rings is 1. The number of nitrogens with two attached hydrogens (primary N) is 1. The molecule has 1 atom stereocenters. The van der Waals surface area contributed by atoms with Gasteiger partial charge in [0.15, 0.2) is 0 Å². The van der Waals surface area contributed by atoms with E-state index < -0.39 is 0 Å². The van der Waals surface area contributed by atoms with Crippen molar-refractivity contribution >= 4 is 24.0 Å². The molecular weight excluding hydrogens is 286 g/mol. The summed E-state index contributed by atoms with van der Waals surface area (Å²) in [6.45, 7) is 6.09. The molecule has 0 bridgehead atoms. The van der Waals surface area contributed by atoms with Gasteiger partial charge in [-0.25, -0.2) is 0 Å². The SMILES string of the molecule is CC1CCCN(Cc2ccc(NC(=O)CCN)cc2)C1.Cl. The van der Waals surface area contributed by atoms with Crippen molar-refractivity contribution in [3.8, 4) is 0 Å². The minimum absolute atomic E-state index is 0. The van der Waals surface area contributed by atoms with Gasteiger partial charge in [-0.1, -0.05) is 19.1 Å². The Kier molecular flexibility index (Phi) is 7.72. The highest BCUT2D eigenvalue weighted by Crippen LogP contribution is 2.18. The van der Waals surface area contributed by atoms with E-state index in [1.54, 1.807) is 0 Å². The van der Waals surface area contributed by atoms with E-state index in [2.05, 4.69) is 29.3 Å². The number of nitrogens with one attached hydrogen (secondary N) is 1. The van der Waals surface area contributed by atoms with Crippen LogP contribution in [0.25, 0.3) is 0 Å². The molecule has 118 valence electrons. The maximum absolute atomic E-state index is 11.5. The molecule has 1 heterocycles. The third-order valence-corrected chi connectivity index (χ3v) is 3.76. The summed E-state index contributed by atoms with van der Waals surface area (Å²) in [6, 6.07) is 8.13. The molecule has 1 saturated heterocycles. The van der Waals surface area contributed by atoms with Gasteiger partial charge in [0.25, 0.3) is 0 Å². The van der Waals surface area contributed by atoms with Crippen LogP contribution in [0.15, 0.2) is 24.3 Å². The van der Waals surface area contributed by atoms with Crippen LogP contribution in [-0.4, -0.2) is 30.4 Å². The number of benzene rings is 1. The summed E-state index contributed by atoms with van der Waals surface area (Å²) in [4.78, 5) is 14.0. The lowest BCUT2D eigenvalue weighted by atomic mass is 10.00. The van der Waals surface area contributed by atoms with Gasteiger partial charge in [0.05, 0.1) is 0 Å². The van der Waals surface area contributed by atoms with Crippen molar-refractivity contribution in [3.63, 3.8) is 0 Å². The average molecular weight is 312 g/mol. The highest BCUT2D eigenvalue weighted by atomic mass is 35.5. The molecule has 1 aliphatic heterocycles. The zero-order valence-electron chi connectivity index (χ0n) is 12.7. The van der Waals surface area contributed by atoms with Gasteiger partial charge in [-0.3, -0.25) is 9.69 Å². The smallest absolute Gasteiger partial charge is 0.225 e. The van der Waals surface area contributed by atoms with Crippen molar-refractivity contribution < 1.29 is 4.79 Å². The number of halogens is 1. The lowest BCUT2D eigenvalue weighted by Crippen LogP contribution is -2.33. The zero-order chi connectivity index (χ0) is 14.4. The predicted molar refractivity (Wildman–Crippen MR) is 89.7 cm³/mol. The number of anilines is 1. The Morgan fingerprint density at radius 3 is 2.71 bits per heavy atom. The van der Waals surface area contributed by atoms with Crippen LogP contribution in [0.2, 0.25) is 0 Å². The molecular formula is C16H26ClN3O. The quantitative estimate of drug-likeness (QED) is 0.879. The molecule has 3 N–H and O–H groups in total. The number of likely N-dealkylation sites (tertiary alicyclic amines) is 1. The predicted octanol–water partition coefficient (Wildman–Crippen LogP) is 2.63. The van der Waals surface area contributed by atoms with Crippen LogP contribution in [0.1, 0.15) is 31.7 Å². The molecule has 0 saturated carbocycles. The molecule has 0 aromatic heterocycles. The lowest BCUT2D eigenvalue weighted by Gasteiger charge is -2.30. The van der Waals surface area contributed by atoms with Crippen LogP contribution >= 0.6 is 12.4 Å². The topological polar surface area (TPSA) is 58.4 Å². The van der Waals surface area contributed by atoms with E-state index >= 15 is 0 Å². The van der Waals surface area contributed by atoms with Gasteiger partial charge in [0, 0.05) is 31.7 Å². The van der Waals surface area contributed by atoms with Crippen LogP contribution < -0.4 is 11.1 Å². The molecule has 1 aliphatic rings. The number of rotatable bonds is 5. The summed E-state index contributed by atoms with van der Waals surface area (Å²) in [6.07, 6.45) is 3.02. The number of amides is 1. The second-order valence-electron chi connectivity index (χ2n) is 5.77. The van der Waals surface area contributed by atoms with E-state index in [0.29, 0.717) is 13.0 Å². The molecule has 5 heteroatoms. The van der Waals surface area contributed by atoms with Crippen LogP contribution in [0.4, 0.5) is 5.69 Å². The van der Waals surface area contributed by atoms with E-state index in [9.17, 15) is 4.79 Å². The first-order chi connectivity index (χ1) is 9.67. The molecule has 4 nitrogen and oxygen atoms in total. The van der Waals surface area contributed by atoms with E-state index in [1.807, 2.05) is 12.1 Å². The van der Waals surface area contributed by atoms with E-state index in [1.165, 1.54) is 31.5 Å². The van der Waals surface area contributed by atoms with Gasteiger partial charge in [0.1, 0.15) is 0 Å². The average Bonchev–Trinajstić information content (AvgIpc) is 2.41. The molecule has 1 aromatic rings. The van der Waals surface area contributed by atoms with Crippen molar-refractivity contribution in [2.24, 2.45) is 11.7 Å². The second-order valence-corrected chi connectivity index (χ2v) is 5.77. The Hall–Kier alpha value is -1.10. The minimum Gasteiger partial charge on any atom is -0.330 e. The summed E-state index contributed by atoms with van der Waals surface area (Å²) < 4.78 is 0. The number of carbonyl (C=O) groups is 1. The maximum atomic E-state index is 11.5. The number of hydrogen-bond acceptors (Lipinski definition) is 3. The Labute approximate surface area is 133 Å². The van der Waals surface area contributed by atoms with Gasteiger partial charge in [-0.2, -0.15) is 0 Å². The molecule has 0 aliphatic carbocycles. The van der Waals surface area contributed by atoms with Crippen molar-refractivity contribution in [2.45, 2.75) is 32.7 Å². The molecule has 1 unspecified atom stereocenters. The van der Waals surface area contributed by atoms with Crippen LogP contribution in [-0.2, 0) is 11.3 Å². The summed E-state index contributed by atoms with van der Waals surface area (Å²) in [5, 5.41) is 2.85. The lowest BCUT2D eigenvalue weighted by molar-refractivity contribution is -0.116. The summed E-state index contributed by atoms with van der Waals surface area (Å²) in [5.41, 5.74) is 7.50. The van der Waals surface area contributed by atoms with Crippen LogP contribution in [0, 0.1) is 5.92 Å². The second kappa shape index (κ2) is 9.03. The fourth-order valence-corrected chi connectivity index (χ4v) is 2.74. The number of hydrogen-bond donors (Lipinski definition) is 2. The van der Waals surface area contributed by atoms with Crippen LogP contribution in [0.3, 0.4) is 0 Å². The first-order valence-corrected chi connectivity index (χ1v) is 7.48. The highest BCUT2D eigenvalue weighted by Gasteiger charge is 2.16. The monoisotopic (exact) mass is 311 g/mol. The fraction of sp³-hybridized carbons (Fsp3) is 0.562. The molecule has 21 heavy (non-hydrogen) atoms. The molecule has 1 fully saturated rings. The van der Waals surface area contributed by atoms with Crippen molar-refractivity contribution in [1.29, 1.82) is 0 Å². The first kappa shape index (κ1) is 18.0. The summed E-state index contributed by atoms with van der Waals surface area (Å²) in [7, 11) is 0. The molecule has 2 rings (SSSR count). The zero-order valence-corrected chi connectivity index (χ0v) is 13.5. The molecule has 0 radical (unpaired) electrons. The van der Waals surface area contributed by atoms with Crippen molar-refractivity contribution in [3.05, 3.63) is 29.8 Å². The maximum Gasteiger partial charge on any atom is 0.225 e. The van der Waals surface area contributed by atoms with Crippen molar-refractivity contribution in [2.75, 3.05) is 25.0 Å². The Morgan fingerprint density at radius 1 is 1.38 bits per heavy atom. The summed E-state index contributed by atoms with van der Waals surface area (Å²) >= 11 is 0. The Balaban J connectivity index is 0.00000220. The standard InChI is InChI=1S/C16H25N3O.ClH/c1-13-3-2-10-19(11-13)12-14-4-6-15(7-5-14)18-16(20)8-9-17;/h4-7,13H,2-3,8-12,17H2,1H3,(H,18,20);1H. The van der Waals surface area contributed by atoms with E-state index in [4.69, 9.17) is 5.73 Å². The van der Waals surface area contributed by atoms with Gasteiger partial charge in [0.2, 0.25) is 5.91 Å². The first-order valence-electron chi connectivity index (χ1n) is 7.48. The third kappa shape index (κ3) is 6.04. The van der Waals surface area contributed by atoms with Crippen LogP contribution in [0.5, 0.6) is 0 Å². The van der Waals surface area contributed by atoms with Gasteiger partial charge in [-0.05, 0) is 43.0 Å². The molecule has 1 aromatic carbocycles. The minimum atomic E-state index is -0.0231. The molecule has 1 amide bonds. The highest BCUT2D eigenvalue weighted by molar-refractivity contribution is 5.90. The number of nitrogens with zero attached hydrogens (tertiary/aromatic N) is 1. The van der Waals surface area contributed by atoms with Gasteiger partial charge >= 0.3 is 0 Å². The molecule has 0 spiro atoms. The third-order valence-electron chi connectivity index (χ3n) is 3.76. The Morgan fingerprint density at radius 2 is 2.10 bits per heavy atom. The number of carbonyl (C=O) groups excluding carboxylic acids is 1. The van der Waals surface area contributed by atoms with Gasteiger partial charge in [-0.15, -0.1) is 12.4 Å². The van der Waals surface area contributed by atoms with E-state index in [0.717, 1.165) is 18.2 Å². The van der Waals surface area contributed by atoms with Crippen molar-refractivity contribution in [1.82, 2.24) is 4.90 Å². The fourth-order valence-electron chi connectivity index (χ4n) is 2.74. The van der Waals surface area contributed by atoms with Gasteiger partial charge < -0.3 is 11.1 Å². The normalized spacial score (nSPS) is 18.9. The largest absolute Gasteiger partial charge is 0.330 e. The Bertz CT molecular complexity index is 436.